The maximum Gasteiger partial charge on any atom is 0.275 e. The third kappa shape index (κ3) is 5.42. The number of rotatable bonds is 7. The highest BCUT2D eigenvalue weighted by Gasteiger charge is 2.13. The van der Waals surface area contributed by atoms with Gasteiger partial charge in [0.2, 0.25) is 0 Å². The Kier molecular flexibility index (Phi) is 6.50. The van der Waals surface area contributed by atoms with Crippen molar-refractivity contribution in [3.8, 4) is 22.1 Å². The van der Waals surface area contributed by atoms with E-state index in [0.717, 1.165) is 27.6 Å². The van der Waals surface area contributed by atoms with Crippen LogP contribution in [0.1, 0.15) is 16.1 Å². The van der Waals surface area contributed by atoms with Crippen LogP contribution in [0.3, 0.4) is 0 Å². The zero-order valence-corrected chi connectivity index (χ0v) is 18.2. The van der Waals surface area contributed by atoms with Crippen LogP contribution in [-0.4, -0.2) is 18.0 Å². The highest BCUT2D eigenvalue weighted by molar-refractivity contribution is 7.13. The summed E-state index contributed by atoms with van der Waals surface area (Å²) in [6, 6.07) is 22.3. The van der Waals surface area contributed by atoms with Crippen LogP contribution < -0.4 is 14.8 Å². The minimum atomic E-state index is -0.263. The van der Waals surface area contributed by atoms with Crippen molar-refractivity contribution in [3.05, 3.63) is 94.5 Å². The van der Waals surface area contributed by atoms with Gasteiger partial charge in [-0.25, -0.2) is 4.98 Å². The van der Waals surface area contributed by atoms with E-state index in [0.29, 0.717) is 23.0 Å². The number of nitrogens with zero attached hydrogens (tertiary/aromatic N) is 1. The van der Waals surface area contributed by atoms with E-state index in [4.69, 9.17) is 21.1 Å². The molecule has 3 aromatic carbocycles. The number of hydrogen-bond donors (Lipinski definition) is 1. The van der Waals surface area contributed by atoms with Crippen molar-refractivity contribution >= 4 is 34.5 Å². The van der Waals surface area contributed by atoms with Crippen molar-refractivity contribution in [1.82, 2.24) is 4.98 Å². The number of amides is 1. The maximum absolute atomic E-state index is 12.5. The molecule has 0 radical (unpaired) electrons. The normalized spacial score (nSPS) is 10.5. The number of thiazole rings is 1. The van der Waals surface area contributed by atoms with E-state index < -0.39 is 0 Å². The summed E-state index contributed by atoms with van der Waals surface area (Å²) in [4.78, 5) is 17.0. The van der Waals surface area contributed by atoms with Gasteiger partial charge in [-0.2, -0.15) is 0 Å². The fourth-order valence-electron chi connectivity index (χ4n) is 2.89. The largest absolute Gasteiger partial charge is 0.497 e. The lowest BCUT2D eigenvalue weighted by atomic mass is 10.2. The molecule has 1 amide bonds. The lowest BCUT2D eigenvalue weighted by Crippen LogP contribution is -2.12. The monoisotopic (exact) mass is 450 g/mol. The van der Waals surface area contributed by atoms with E-state index in [2.05, 4.69) is 10.3 Å². The van der Waals surface area contributed by atoms with Crippen LogP contribution in [0.25, 0.3) is 10.6 Å². The molecular weight excluding hydrogens is 432 g/mol. The number of hydrogen-bond acceptors (Lipinski definition) is 5. The average molecular weight is 451 g/mol. The summed E-state index contributed by atoms with van der Waals surface area (Å²) in [7, 11) is 1.60. The molecule has 0 saturated heterocycles. The molecule has 0 atom stereocenters. The van der Waals surface area contributed by atoms with Crippen molar-refractivity contribution in [1.29, 1.82) is 0 Å². The van der Waals surface area contributed by atoms with Crippen LogP contribution in [0.15, 0.2) is 78.2 Å². The first-order valence-corrected chi connectivity index (χ1v) is 10.7. The Bertz CT molecular complexity index is 1190. The third-order valence-electron chi connectivity index (χ3n) is 4.46. The molecule has 31 heavy (non-hydrogen) atoms. The van der Waals surface area contributed by atoms with Crippen molar-refractivity contribution in [2.45, 2.75) is 6.61 Å². The molecule has 0 aliphatic carbocycles. The molecule has 7 heteroatoms. The highest BCUT2D eigenvalue weighted by Crippen LogP contribution is 2.28. The second-order valence-electron chi connectivity index (χ2n) is 6.67. The molecular formula is C24H19ClN2O3S. The fraction of sp³-hybridized carbons (Fsp3) is 0.0833. The van der Waals surface area contributed by atoms with Gasteiger partial charge in [-0.1, -0.05) is 35.9 Å². The predicted octanol–water partition coefficient (Wildman–Crippen LogP) is 6.30. The molecule has 1 aromatic heterocycles. The predicted molar refractivity (Wildman–Crippen MR) is 124 cm³/mol. The maximum atomic E-state index is 12.5. The summed E-state index contributed by atoms with van der Waals surface area (Å²) in [5.74, 6) is 1.18. The minimum Gasteiger partial charge on any atom is -0.497 e. The molecule has 0 spiro atoms. The van der Waals surface area contributed by atoms with E-state index in [9.17, 15) is 4.79 Å². The van der Waals surface area contributed by atoms with Gasteiger partial charge in [0.05, 0.1) is 7.11 Å². The zero-order chi connectivity index (χ0) is 21.6. The van der Waals surface area contributed by atoms with E-state index in [-0.39, 0.29) is 5.91 Å². The van der Waals surface area contributed by atoms with E-state index in [1.54, 1.807) is 36.8 Å². The van der Waals surface area contributed by atoms with E-state index in [1.165, 1.54) is 11.3 Å². The Morgan fingerprint density at radius 1 is 1.03 bits per heavy atom. The Labute approximate surface area is 189 Å². The van der Waals surface area contributed by atoms with Crippen molar-refractivity contribution in [2.75, 3.05) is 12.4 Å². The van der Waals surface area contributed by atoms with Gasteiger partial charge in [0, 0.05) is 21.7 Å². The Morgan fingerprint density at radius 3 is 2.61 bits per heavy atom. The molecule has 1 N–H and O–H groups in total. The van der Waals surface area contributed by atoms with Gasteiger partial charge >= 0.3 is 0 Å². The summed E-state index contributed by atoms with van der Waals surface area (Å²) in [5.41, 5.74) is 2.92. The molecule has 4 rings (SSSR count). The van der Waals surface area contributed by atoms with E-state index in [1.807, 2.05) is 48.5 Å². The topological polar surface area (TPSA) is 60.5 Å². The molecule has 0 fully saturated rings. The van der Waals surface area contributed by atoms with Crippen LogP contribution in [0.2, 0.25) is 5.02 Å². The van der Waals surface area contributed by atoms with E-state index >= 15 is 0 Å². The fourth-order valence-corrected chi connectivity index (χ4v) is 3.90. The summed E-state index contributed by atoms with van der Waals surface area (Å²) < 4.78 is 11.0. The summed E-state index contributed by atoms with van der Waals surface area (Å²) in [5, 5.41) is 6.01. The molecule has 0 unspecified atom stereocenters. The number of carbonyl (C=O) groups excluding carboxylic acids is 1. The SMILES string of the molecule is COc1ccc(NC(=O)c2csc(-c3cccc(OCc4cccc(Cl)c4)c3)n2)cc1. The molecule has 5 nitrogen and oxygen atoms in total. The first-order chi connectivity index (χ1) is 15.1. The van der Waals surface area contributed by atoms with Crippen molar-refractivity contribution in [2.24, 2.45) is 0 Å². The van der Waals surface area contributed by atoms with Crippen LogP contribution in [-0.2, 0) is 6.61 Å². The zero-order valence-electron chi connectivity index (χ0n) is 16.7. The lowest BCUT2D eigenvalue weighted by Gasteiger charge is -2.08. The van der Waals surface area contributed by atoms with Gasteiger partial charge in [-0.05, 0) is 54.1 Å². The number of anilines is 1. The quantitative estimate of drug-likeness (QED) is 0.358. The van der Waals surface area contributed by atoms with Gasteiger partial charge in [0.1, 0.15) is 28.8 Å². The van der Waals surface area contributed by atoms with Crippen LogP contribution >= 0.6 is 22.9 Å². The molecule has 0 aliphatic heterocycles. The minimum absolute atomic E-state index is 0.263. The van der Waals surface area contributed by atoms with Crippen LogP contribution in [0.4, 0.5) is 5.69 Å². The number of methoxy groups -OCH3 is 1. The lowest BCUT2D eigenvalue weighted by molar-refractivity contribution is 0.102. The van der Waals surface area contributed by atoms with Crippen molar-refractivity contribution in [3.63, 3.8) is 0 Å². The first-order valence-electron chi connectivity index (χ1n) is 9.49. The Morgan fingerprint density at radius 2 is 1.84 bits per heavy atom. The molecule has 156 valence electrons. The first kappa shape index (κ1) is 20.9. The smallest absolute Gasteiger partial charge is 0.275 e. The number of nitrogens with one attached hydrogen (secondary N) is 1. The van der Waals surface area contributed by atoms with Gasteiger partial charge in [-0.3, -0.25) is 4.79 Å². The van der Waals surface area contributed by atoms with Gasteiger partial charge in [0.15, 0.2) is 0 Å². The number of halogens is 1. The summed E-state index contributed by atoms with van der Waals surface area (Å²) in [6.45, 7) is 0.414. The second-order valence-corrected chi connectivity index (χ2v) is 7.96. The standard InChI is InChI=1S/C24H19ClN2O3S/c1-29-20-10-8-19(9-11-20)26-23(28)22-15-31-24(27-22)17-5-3-7-21(13-17)30-14-16-4-2-6-18(25)12-16/h2-13,15H,14H2,1H3,(H,26,28). The summed E-state index contributed by atoms with van der Waals surface area (Å²) in [6.07, 6.45) is 0. The molecule has 4 aromatic rings. The third-order valence-corrected chi connectivity index (χ3v) is 5.59. The summed E-state index contributed by atoms with van der Waals surface area (Å²) >= 11 is 7.43. The van der Waals surface area contributed by atoms with Crippen molar-refractivity contribution < 1.29 is 14.3 Å². The Balaban J connectivity index is 1.43. The molecule has 0 bridgehead atoms. The van der Waals surface area contributed by atoms with Gasteiger partial charge in [0.25, 0.3) is 5.91 Å². The average Bonchev–Trinajstić information content (AvgIpc) is 3.29. The number of ether oxygens (including phenoxy) is 2. The molecule has 1 heterocycles. The highest BCUT2D eigenvalue weighted by atomic mass is 35.5. The Hall–Kier alpha value is -3.35. The van der Waals surface area contributed by atoms with Gasteiger partial charge in [-0.15, -0.1) is 11.3 Å². The molecule has 0 saturated carbocycles. The van der Waals surface area contributed by atoms with Crippen LogP contribution in [0.5, 0.6) is 11.5 Å². The second kappa shape index (κ2) is 9.64. The number of aromatic nitrogens is 1. The number of carbonyl (C=O) groups is 1. The van der Waals surface area contributed by atoms with Gasteiger partial charge < -0.3 is 14.8 Å². The molecule has 0 aliphatic rings. The number of benzene rings is 3. The van der Waals surface area contributed by atoms with Crippen LogP contribution in [0, 0.1) is 0 Å².